The molecule has 1 amide bonds. The van der Waals surface area contributed by atoms with Crippen molar-refractivity contribution in [2.24, 2.45) is 23.2 Å². The molecule has 2 N–H and O–H groups in total. The second-order valence-corrected chi connectivity index (χ2v) is 9.57. The van der Waals surface area contributed by atoms with E-state index in [2.05, 4.69) is 12.2 Å². The van der Waals surface area contributed by atoms with Gasteiger partial charge in [0, 0.05) is 6.04 Å². The Hall–Kier alpha value is -1.10. The lowest BCUT2D eigenvalue weighted by molar-refractivity contribution is -0.196. The van der Waals surface area contributed by atoms with Gasteiger partial charge in [-0.05, 0) is 82.0 Å². The molecular formula is C20H31NO4. The Labute approximate surface area is 149 Å². The van der Waals surface area contributed by atoms with Gasteiger partial charge in [-0.1, -0.05) is 6.92 Å². The van der Waals surface area contributed by atoms with Crippen molar-refractivity contribution in [1.29, 1.82) is 0 Å². The van der Waals surface area contributed by atoms with Crippen LogP contribution in [-0.4, -0.2) is 35.2 Å². The molecule has 0 radical (unpaired) electrons. The highest BCUT2D eigenvalue weighted by Gasteiger charge is 2.60. The lowest BCUT2D eigenvalue weighted by atomic mass is 9.48. The first-order valence-corrected chi connectivity index (χ1v) is 10.0. The van der Waals surface area contributed by atoms with E-state index in [9.17, 15) is 14.7 Å². The zero-order valence-electron chi connectivity index (χ0n) is 15.3. The summed E-state index contributed by atoms with van der Waals surface area (Å²) in [6, 6.07) is 0.225. The summed E-state index contributed by atoms with van der Waals surface area (Å²) >= 11 is 0. The van der Waals surface area contributed by atoms with Crippen LogP contribution in [0.25, 0.3) is 0 Å². The van der Waals surface area contributed by atoms with Crippen LogP contribution in [0.15, 0.2) is 0 Å². The number of nitrogens with one attached hydrogen (secondary N) is 1. The third kappa shape index (κ3) is 3.44. The zero-order chi connectivity index (χ0) is 17.7. The molecule has 5 heteroatoms. The van der Waals surface area contributed by atoms with Crippen LogP contribution in [0.4, 0.5) is 0 Å². The Morgan fingerprint density at radius 3 is 2.32 bits per heavy atom. The van der Waals surface area contributed by atoms with Gasteiger partial charge in [-0.25, -0.2) is 0 Å². The fourth-order valence-electron chi connectivity index (χ4n) is 6.41. The highest BCUT2D eigenvalue weighted by atomic mass is 16.5. The predicted octanol–water partition coefficient (Wildman–Crippen LogP) is 2.56. The largest absolute Gasteiger partial charge is 0.455 e. The lowest BCUT2D eigenvalue weighted by Crippen LogP contribution is -2.58. The van der Waals surface area contributed by atoms with Gasteiger partial charge in [-0.3, -0.25) is 9.59 Å². The Kier molecular flexibility index (Phi) is 4.33. The third-order valence-electron chi connectivity index (χ3n) is 7.18. The van der Waals surface area contributed by atoms with Gasteiger partial charge < -0.3 is 15.2 Å². The molecule has 0 aromatic heterocycles. The molecular weight excluding hydrogens is 318 g/mol. The summed E-state index contributed by atoms with van der Waals surface area (Å²) in [5.41, 5.74) is -1.22. The molecule has 0 aromatic rings. The summed E-state index contributed by atoms with van der Waals surface area (Å²) in [7, 11) is 0. The number of esters is 1. The van der Waals surface area contributed by atoms with Crippen molar-refractivity contribution in [2.45, 2.75) is 82.8 Å². The molecule has 140 valence electrons. The number of hydrogen-bond acceptors (Lipinski definition) is 4. The van der Waals surface area contributed by atoms with Gasteiger partial charge in [0.2, 0.25) is 0 Å². The molecule has 4 bridgehead atoms. The first kappa shape index (κ1) is 17.3. The summed E-state index contributed by atoms with van der Waals surface area (Å²) < 4.78 is 5.43. The number of rotatable bonds is 4. The Balaban J connectivity index is 1.30. The third-order valence-corrected chi connectivity index (χ3v) is 7.18. The van der Waals surface area contributed by atoms with Gasteiger partial charge >= 0.3 is 5.97 Å². The van der Waals surface area contributed by atoms with Crippen LogP contribution in [0.5, 0.6) is 0 Å². The number of ether oxygens (including phenoxy) is 1. The summed E-state index contributed by atoms with van der Waals surface area (Å²) in [6.07, 6.45) is 9.30. The number of amides is 1. The van der Waals surface area contributed by atoms with E-state index in [1.165, 1.54) is 0 Å². The lowest BCUT2D eigenvalue weighted by Gasteiger charge is -2.58. The molecule has 5 aliphatic rings. The molecule has 0 spiro atoms. The van der Waals surface area contributed by atoms with Gasteiger partial charge in [-0.2, -0.15) is 0 Å². The van der Waals surface area contributed by atoms with Crippen LogP contribution < -0.4 is 5.32 Å². The van der Waals surface area contributed by atoms with Gasteiger partial charge in [0.25, 0.3) is 5.91 Å². The van der Waals surface area contributed by atoms with Crippen molar-refractivity contribution in [3.63, 3.8) is 0 Å². The molecule has 0 saturated heterocycles. The smallest absolute Gasteiger partial charge is 0.312 e. The maximum atomic E-state index is 12.8. The van der Waals surface area contributed by atoms with Crippen LogP contribution in [-0.2, 0) is 14.3 Å². The summed E-state index contributed by atoms with van der Waals surface area (Å²) in [5.74, 6) is 1.19. The van der Waals surface area contributed by atoms with Gasteiger partial charge in [0.15, 0.2) is 6.61 Å². The van der Waals surface area contributed by atoms with Crippen molar-refractivity contribution in [3.05, 3.63) is 0 Å². The molecule has 0 unspecified atom stereocenters. The van der Waals surface area contributed by atoms with Crippen LogP contribution in [0, 0.1) is 23.2 Å². The molecule has 5 saturated carbocycles. The SMILES string of the molecule is CC1CCC(NC(=O)COC(=O)C23C[C@@H]4C[C@H](CC(O)(C4)C2)C3)CC1. The first-order chi connectivity index (χ1) is 11.9. The predicted molar refractivity (Wildman–Crippen MR) is 92.6 cm³/mol. The molecule has 0 aromatic carbocycles. The van der Waals surface area contributed by atoms with Crippen molar-refractivity contribution in [3.8, 4) is 0 Å². The van der Waals surface area contributed by atoms with E-state index < -0.39 is 11.0 Å². The minimum atomic E-state index is -0.676. The Bertz CT molecular complexity index is 538. The van der Waals surface area contributed by atoms with E-state index in [0.717, 1.165) is 63.7 Å². The van der Waals surface area contributed by atoms with Gasteiger partial charge in [-0.15, -0.1) is 0 Å². The van der Waals surface area contributed by atoms with Crippen molar-refractivity contribution in [2.75, 3.05) is 6.61 Å². The average Bonchev–Trinajstić information content (AvgIpc) is 2.52. The topological polar surface area (TPSA) is 75.6 Å². The van der Waals surface area contributed by atoms with Gasteiger partial charge in [0.1, 0.15) is 0 Å². The first-order valence-electron chi connectivity index (χ1n) is 10.0. The fourth-order valence-corrected chi connectivity index (χ4v) is 6.41. The normalized spacial score (nSPS) is 45.2. The minimum absolute atomic E-state index is 0.180. The summed E-state index contributed by atoms with van der Waals surface area (Å²) in [6.45, 7) is 2.07. The highest BCUT2D eigenvalue weighted by molar-refractivity contribution is 5.83. The van der Waals surface area contributed by atoms with E-state index in [-0.39, 0.29) is 24.5 Å². The van der Waals surface area contributed by atoms with Crippen LogP contribution in [0.3, 0.4) is 0 Å². The van der Waals surface area contributed by atoms with Crippen LogP contribution >= 0.6 is 0 Å². The highest BCUT2D eigenvalue weighted by Crippen LogP contribution is 2.61. The summed E-state index contributed by atoms with van der Waals surface area (Å²) in [4.78, 5) is 24.9. The number of aliphatic hydroxyl groups is 1. The second kappa shape index (κ2) is 6.26. The summed E-state index contributed by atoms with van der Waals surface area (Å²) in [5, 5.41) is 13.8. The van der Waals surface area contributed by atoms with Crippen LogP contribution in [0.1, 0.15) is 71.1 Å². The van der Waals surface area contributed by atoms with Crippen molar-refractivity contribution in [1.82, 2.24) is 5.32 Å². The number of carbonyl (C=O) groups excluding carboxylic acids is 2. The second-order valence-electron chi connectivity index (χ2n) is 9.57. The Morgan fingerprint density at radius 2 is 1.72 bits per heavy atom. The maximum Gasteiger partial charge on any atom is 0.312 e. The van der Waals surface area contributed by atoms with Crippen molar-refractivity contribution >= 4 is 11.9 Å². The van der Waals surface area contributed by atoms with E-state index in [0.29, 0.717) is 18.3 Å². The molecule has 25 heavy (non-hydrogen) atoms. The molecule has 0 heterocycles. The van der Waals surface area contributed by atoms with E-state index in [1.54, 1.807) is 0 Å². The zero-order valence-corrected chi connectivity index (χ0v) is 15.3. The molecule has 2 atom stereocenters. The average molecular weight is 349 g/mol. The van der Waals surface area contributed by atoms with Crippen molar-refractivity contribution < 1.29 is 19.4 Å². The fraction of sp³-hybridized carbons (Fsp3) is 0.900. The molecule has 5 nitrogen and oxygen atoms in total. The molecule has 5 aliphatic carbocycles. The Morgan fingerprint density at radius 1 is 1.08 bits per heavy atom. The van der Waals surface area contributed by atoms with E-state index >= 15 is 0 Å². The van der Waals surface area contributed by atoms with E-state index in [1.807, 2.05) is 0 Å². The number of hydrogen-bond donors (Lipinski definition) is 2. The van der Waals surface area contributed by atoms with Gasteiger partial charge in [0.05, 0.1) is 11.0 Å². The maximum absolute atomic E-state index is 12.8. The minimum Gasteiger partial charge on any atom is -0.455 e. The standard InChI is InChI=1S/C20H31NO4/c1-13-2-4-16(5-3-13)21-17(22)11-25-18(23)19-7-14-6-15(8-19)10-20(24,9-14)12-19/h13-16,24H,2-12H2,1H3,(H,21,22)/t13?,14-,15-,16?,19?,20?/m0/s1. The van der Waals surface area contributed by atoms with E-state index in [4.69, 9.17) is 4.74 Å². The quantitative estimate of drug-likeness (QED) is 0.765. The monoisotopic (exact) mass is 349 g/mol. The molecule has 0 aliphatic heterocycles. The van der Waals surface area contributed by atoms with Crippen LogP contribution in [0.2, 0.25) is 0 Å². The molecule has 5 fully saturated rings. The number of carbonyl (C=O) groups is 2. The molecule has 5 rings (SSSR count).